The third kappa shape index (κ3) is 2.18. The molecular weight excluding hydrogens is 232 g/mol. The monoisotopic (exact) mass is 254 g/mol. The maximum Gasteiger partial charge on any atom is 0.317 e. The first-order chi connectivity index (χ1) is 8.41. The highest BCUT2D eigenvalue weighted by molar-refractivity contribution is 5.80. The van der Waals surface area contributed by atoms with Crippen molar-refractivity contribution < 1.29 is 14.7 Å². The van der Waals surface area contributed by atoms with Crippen LogP contribution in [0.2, 0.25) is 0 Å². The molecule has 1 aliphatic carbocycles. The van der Waals surface area contributed by atoms with E-state index < -0.39 is 11.4 Å². The summed E-state index contributed by atoms with van der Waals surface area (Å²) in [5.74, 6) is -0.813. The number of hydrogen-bond donors (Lipinski definition) is 2. The predicted octanol–water partition coefficient (Wildman–Crippen LogP) is 1.83. The van der Waals surface area contributed by atoms with Gasteiger partial charge in [0.2, 0.25) is 0 Å². The highest BCUT2D eigenvalue weighted by atomic mass is 16.4. The van der Waals surface area contributed by atoms with Crippen LogP contribution in [0.15, 0.2) is 0 Å². The van der Waals surface area contributed by atoms with E-state index in [4.69, 9.17) is 5.11 Å². The zero-order valence-corrected chi connectivity index (χ0v) is 11.2. The molecule has 0 radical (unpaired) electrons. The van der Waals surface area contributed by atoms with Gasteiger partial charge in [0.15, 0.2) is 0 Å². The second kappa shape index (κ2) is 4.44. The maximum atomic E-state index is 12.1. The average molecular weight is 254 g/mol. The second-order valence-electron chi connectivity index (χ2n) is 5.95. The van der Waals surface area contributed by atoms with Crippen LogP contribution < -0.4 is 5.32 Å². The SMILES string of the molecule is CCC1(NC(=O)N2CCC(C)(C(=O)O)C2)CCC1. The van der Waals surface area contributed by atoms with Crippen molar-refractivity contribution in [2.45, 2.75) is 51.5 Å². The molecule has 0 spiro atoms. The largest absolute Gasteiger partial charge is 0.481 e. The first-order valence-electron chi connectivity index (χ1n) is 6.71. The van der Waals surface area contributed by atoms with Crippen LogP contribution in [0.3, 0.4) is 0 Å². The van der Waals surface area contributed by atoms with Crippen molar-refractivity contribution in [1.29, 1.82) is 0 Å². The molecule has 5 heteroatoms. The summed E-state index contributed by atoms with van der Waals surface area (Å²) in [7, 11) is 0. The van der Waals surface area contributed by atoms with Crippen molar-refractivity contribution in [3.05, 3.63) is 0 Å². The van der Waals surface area contributed by atoms with Crippen molar-refractivity contribution in [3.63, 3.8) is 0 Å². The fraction of sp³-hybridized carbons (Fsp3) is 0.846. The highest BCUT2D eigenvalue weighted by Gasteiger charge is 2.44. The fourth-order valence-electron chi connectivity index (χ4n) is 2.79. The zero-order valence-electron chi connectivity index (χ0n) is 11.2. The summed E-state index contributed by atoms with van der Waals surface area (Å²) in [5.41, 5.74) is -0.810. The van der Waals surface area contributed by atoms with E-state index in [1.54, 1.807) is 11.8 Å². The molecule has 2 fully saturated rings. The average Bonchev–Trinajstić information content (AvgIpc) is 2.68. The molecule has 18 heavy (non-hydrogen) atoms. The van der Waals surface area contributed by atoms with Crippen molar-refractivity contribution >= 4 is 12.0 Å². The van der Waals surface area contributed by atoms with Gasteiger partial charge in [-0.25, -0.2) is 4.79 Å². The van der Waals surface area contributed by atoms with Crippen LogP contribution in [0.1, 0.15) is 46.0 Å². The van der Waals surface area contributed by atoms with E-state index >= 15 is 0 Å². The molecule has 1 aliphatic heterocycles. The molecule has 2 rings (SSSR count). The van der Waals surface area contributed by atoms with Crippen molar-refractivity contribution in [2.75, 3.05) is 13.1 Å². The summed E-state index contributed by atoms with van der Waals surface area (Å²) in [6, 6.07) is -0.0958. The molecule has 0 aromatic carbocycles. The summed E-state index contributed by atoms with van der Waals surface area (Å²) in [6.07, 6.45) is 4.73. The molecule has 1 heterocycles. The molecule has 102 valence electrons. The van der Waals surface area contributed by atoms with Gasteiger partial charge in [-0.05, 0) is 39.0 Å². The molecule has 0 aromatic heterocycles. The predicted molar refractivity (Wildman–Crippen MR) is 67.3 cm³/mol. The molecule has 1 saturated carbocycles. The van der Waals surface area contributed by atoms with Gasteiger partial charge in [-0.15, -0.1) is 0 Å². The van der Waals surface area contributed by atoms with E-state index in [2.05, 4.69) is 12.2 Å². The summed E-state index contributed by atoms with van der Waals surface area (Å²) < 4.78 is 0. The molecular formula is C13H22N2O3. The van der Waals surface area contributed by atoms with Gasteiger partial charge >= 0.3 is 12.0 Å². The van der Waals surface area contributed by atoms with Crippen LogP contribution in [-0.2, 0) is 4.79 Å². The summed E-state index contributed by atoms with van der Waals surface area (Å²) in [6.45, 7) is 4.65. The quantitative estimate of drug-likeness (QED) is 0.807. The molecule has 0 bridgehead atoms. The van der Waals surface area contributed by atoms with Gasteiger partial charge < -0.3 is 15.3 Å². The second-order valence-corrected chi connectivity index (χ2v) is 5.95. The van der Waals surface area contributed by atoms with E-state index in [1.807, 2.05) is 0 Å². The van der Waals surface area contributed by atoms with E-state index in [9.17, 15) is 9.59 Å². The van der Waals surface area contributed by atoms with E-state index in [-0.39, 0.29) is 11.6 Å². The number of carboxylic acid groups (broad SMARTS) is 1. The van der Waals surface area contributed by atoms with E-state index in [1.165, 1.54) is 6.42 Å². The Hall–Kier alpha value is -1.26. The third-order valence-corrected chi connectivity index (χ3v) is 4.64. The lowest BCUT2D eigenvalue weighted by Crippen LogP contribution is -2.56. The third-order valence-electron chi connectivity index (χ3n) is 4.64. The Morgan fingerprint density at radius 2 is 2.00 bits per heavy atom. The molecule has 1 atom stereocenters. The van der Waals surface area contributed by atoms with Gasteiger partial charge in [0.25, 0.3) is 0 Å². The lowest BCUT2D eigenvalue weighted by atomic mass is 9.75. The molecule has 5 nitrogen and oxygen atoms in total. The Balaban J connectivity index is 1.93. The number of carbonyl (C=O) groups is 2. The van der Waals surface area contributed by atoms with Crippen molar-refractivity contribution in [3.8, 4) is 0 Å². The maximum absolute atomic E-state index is 12.1. The van der Waals surface area contributed by atoms with E-state index in [0.717, 1.165) is 19.3 Å². The van der Waals surface area contributed by atoms with Crippen LogP contribution >= 0.6 is 0 Å². The Labute approximate surface area is 108 Å². The number of rotatable bonds is 3. The highest BCUT2D eigenvalue weighted by Crippen LogP contribution is 2.36. The normalized spacial score (nSPS) is 29.8. The van der Waals surface area contributed by atoms with Gasteiger partial charge in [-0.2, -0.15) is 0 Å². The molecule has 1 saturated heterocycles. The topological polar surface area (TPSA) is 69.6 Å². The number of nitrogens with zero attached hydrogens (tertiary/aromatic N) is 1. The van der Waals surface area contributed by atoms with Gasteiger partial charge in [-0.3, -0.25) is 4.79 Å². The van der Waals surface area contributed by atoms with Crippen LogP contribution in [0.4, 0.5) is 4.79 Å². The summed E-state index contributed by atoms with van der Waals surface area (Å²) in [4.78, 5) is 24.9. The molecule has 2 amide bonds. The van der Waals surface area contributed by atoms with Gasteiger partial charge in [0.1, 0.15) is 0 Å². The Morgan fingerprint density at radius 3 is 2.39 bits per heavy atom. The van der Waals surface area contributed by atoms with Gasteiger partial charge in [0, 0.05) is 18.6 Å². The Morgan fingerprint density at radius 1 is 1.33 bits per heavy atom. The molecule has 1 unspecified atom stereocenters. The van der Waals surface area contributed by atoms with Gasteiger partial charge in [0.05, 0.1) is 5.41 Å². The zero-order chi connectivity index (χ0) is 13.4. The Kier molecular flexibility index (Phi) is 3.25. The number of carbonyl (C=O) groups excluding carboxylic acids is 1. The lowest BCUT2D eigenvalue weighted by Gasteiger charge is -2.42. The number of likely N-dealkylation sites (tertiary alicyclic amines) is 1. The van der Waals surface area contributed by atoms with Crippen LogP contribution in [-0.4, -0.2) is 40.6 Å². The van der Waals surface area contributed by atoms with Gasteiger partial charge in [-0.1, -0.05) is 6.92 Å². The minimum Gasteiger partial charge on any atom is -0.481 e. The summed E-state index contributed by atoms with van der Waals surface area (Å²) >= 11 is 0. The first kappa shape index (κ1) is 13.2. The Bertz CT molecular complexity index is 360. The van der Waals surface area contributed by atoms with Crippen LogP contribution in [0, 0.1) is 5.41 Å². The van der Waals surface area contributed by atoms with Crippen molar-refractivity contribution in [1.82, 2.24) is 10.2 Å². The summed E-state index contributed by atoms with van der Waals surface area (Å²) in [5, 5.41) is 12.2. The number of carboxylic acids is 1. The van der Waals surface area contributed by atoms with Crippen molar-refractivity contribution in [2.24, 2.45) is 5.41 Å². The van der Waals surface area contributed by atoms with Crippen LogP contribution in [0.25, 0.3) is 0 Å². The number of hydrogen-bond acceptors (Lipinski definition) is 2. The number of amides is 2. The minimum absolute atomic E-state index is 0.0285. The first-order valence-corrected chi connectivity index (χ1v) is 6.71. The molecule has 2 N–H and O–H groups in total. The minimum atomic E-state index is -0.813. The number of nitrogens with one attached hydrogen (secondary N) is 1. The smallest absolute Gasteiger partial charge is 0.317 e. The number of urea groups is 1. The standard InChI is InChI=1S/C13H22N2O3/c1-3-13(5-4-6-13)14-11(18)15-8-7-12(2,9-15)10(16)17/h3-9H2,1-2H3,(H,14,18)(H,16,17). The fourth-order valence-corrected chi connectivity index (χ4v) is 2.79. The molecule has 2 aliphatic rings. The van der Waals surface area contributed by atoms with Crippen LogP contribution in [0.5, 0.6) is 0 Å². The lowest BCUT2D eigenvalue weighted by molar-refractivity contribution is -0.147. The number of aliphatic carboxylic acids is 1. The molecule has 0 aromatic rings. The van der Waals surface area contributed by atoms with E-state index in [0.29, 0.717) is 19.5 Å².